The van der Waals surface area contributed by atoms with E-state index >= 15 is 0 Å². The molecular weight excluding hydrogens is 288 g/mol. The lowest BCUT2D eigenvalue weighted by atomic mass is 10.2. The van der Waals surface area contributed by atoms with E-state index in [9.17, 15) is 13.5 Å². The fourth-order valence-corrected chi connectivity index (χ4v) is 2.49. The van der Waals surface area contributed by atoms with Crippen LogP contribution in [0.4, 0.5) is 0 Å². The Morgan fingerprint density at radius 2 is 1.95 bits per heavy atom. The van der Waals surface area contributed by atoms with E-state index in [1.807, 2.05) is 0 Å². The van der Waals surface area contributed by atoms with Gasteiger partial charge in [0.1, 0.15) is 12.4 Å². The minimum Gasteiger partial charge on any atom is -0.492 e. The number of rotatable bonds is 5. The molecule has 4 nitrogen and oxygen atoms in total. The van der Waals surface area contributed by atoms with E-state index in [0.29, 0.717) is 16.3 Å². The Bertz CT molecular complexity index is 532. The third-order valence-electron chi connectivity index (χ3n) is 2.74. The van der Waals surface area contributed by atoms with Gasteiger partial charge in [-0.05, 0) is 39.0 Å². The number of sulfone groups is 1. The normalized spacial score (nSPS) is 12.5. The molecule has 0 amide bonds. The van der Waals surface area contributed by atoms with Gasteiger partial charge in [-0.2, -0.15) is 0 Å². The standard InChI is InChI=1S/C13H19ClO4S/c1-13(2,3)19(16,17)7-6-18-12-5-4-11(14)8-10(12)9-15/h4-5,8,15H,6-7,9H2,1-3H3. The summed E-state index contributed by atoms with van der Waals surface area (Å²) in [5, 5.41) is 9.67. The molecule has 0 heterocycles. The summed E-state index contributed by atoms with van der Waals surface area (Å²) < 4.78 is 28.4. The van der Waals surface area contributed by atoms with Crippen molar-refractivity contribution in [2.45, 2.75) is 32.1 Å². The molecule has 0 spiro atoms. The highest BCUT2D eigenvalue weighted by atomic mass is 35.5. The molecule has 0 aliphatic rings. The molecule has 0 aliphatic carbocycles. The maximum atomic E-state index is 11.9. The zero-order valence-electron chi connectivity index (χ0n) is 11.3. The number of hydrogen-bond acceptors (Lipinski definition) is 4. The molecule has 0 saturated heterocycles. The van der Waals surface area contributed by atoms with Crippen molar-refractivity contribution >= 4 is 21.4 Å². The fraction of sp³-hybridized carbons (Fsp3) is 0.538. The van der Waals surface area contributed by atoms with Gasteiger partial charge in [-0.3, -0.25) is 0 Å². The first-order chi connectivity index (χ1) is 8.67. The molecule has 0 atom stereocenters. The van der Waals surface area contributed by atoms with Crippen molar-refractivity contribution < 1.29 is 18.3 Å². The lowest BCUT2D eigenvalue weighted by Gasteiger charge is -2.19. The van der Waals surface area contributed by atoms with Gasteiger partial charge < -0.3 is 9.84 Å². The molecule has 108 valence electrons. The third kappa shape index (κ3) is 4.37. The molecule has 0 bridgehead atoms. The molecule has 0 aliphatic heterocycles. The first-order valence-corrected chi connectivity index (χ1v) is 7.95. The van der Waals surface area contributed by atoms with Gasteiger partial charge in [-0.1, -0.05) is 11.6 Å². The van der Waals surface area contributed by atoms with Crippen LogP contribution in [-0.2, 0) is 16.4 Å². The van der Waals surface area contributed by atoms with Crippen LogP contribution in [0.3, 0.4) is 0 Å². The Kier molecular flexibility index (Phi) is 5.24. The quantitative estimate of drug-likeness (QED) is 0.907. The zero-order chi connectivity index (χ0) is 14.7. The second kappa shape index (κ2) is 6.11. The summed E-state index contributed by atoms with van der Waals surface area (Å²) in [5.41, 5.74) is 0.542. The van der Waals surface area contributed by atoms with Gasteiger partial charge in [-0.25, -0.2) is 8.42 Å². The van der Waals surface area contributed by atoms with Gasteiger partial charge in [0.15, 0.2) is 9.84 Å². The van der Waals surface area contributed by atoms with Gasteiger partial charge in [0, 0.05) is 10.6 Å². The summed E-state index contributed by atoms with van der Waals surface area (Å²) in [6.07, 6.45) is 0. The summed E-state index contributed by atoms with van der Waals surface area (Å²) >= 11 is 5.80. The maximum absolute atomic E-state index is 11.9. The highest BCUT2D eigenvalue weighted by Gasteiger charge is 2.28. The van der Waals surface area contributed by atoms with Crippen molar-refractivity contribution in [2.75, 3.05) is 12.4 Å². The smallest absolute Gasteiger partial charge is 0.158 e. The second-order valence-electron chi connectivity index (χ2n) is 5.19. The van der Waals surface area contributed by atoms with E-state index in [2.05, 4.69) is 0 Å². The number of hydrogen-bond donors (Lipinski definition) is 1. The molecule has 0 radical (unpaired) electrons. The highest BCUT2D eigenvalue weighted by Crippen LogP contribution is 2.23. The van der Waals surface area contributed by atoms with Gasteiger partial charge in [0.05, 0.1) is 17.1 Å². The molecule has 1 aromatic carbocycles. The Hall–Kier alpha value is -0.780. The largest absolute Gasteiger partial charge is 0.492 e. The van der Waals surface area contributed by atoms with Crippen molar-refractivity contribution in [2.24, 2.45) is 0 Å². The van der Waals surface area contributed by atoms with Crippen LogP contribution in [0.25, 0.3) is 0 Å². The topological polar surface area (TPSA) is 63.6 Å². The van der Waals surface area contributed by atoms with Crippen LogP contribution in [0.5, 0.6) is 5.75 Å². The Balaban J connectivity index is 2.69. The average Bonchev–Trinajstić information content (AvgIpc) is 2.29. The summed E-state index contributed by atoms with van der Waals surface area (Å²) in [5.74, 6) is 0.389. The van der Waals surface area contributed by atoms with Gasteiger partial charge in [-0.15, -0.1) is 0 Å². The van der Waals surface area contributed by atoms with E-state index in [1.165, 1.54) is 0 Å². The average molecular weight is 307 g/mol. The van der Waals surface area contributed by atoms with E-state index < -0.39 is 14.6 Å². The SMILES string of the molecule is CC(C)(C)S(=O)(=O)CCOc1ccc(Cl)cc1CO. The van der Waals surface area contributed by atoms with E-state index in [-0.39, 0.29) is 19.0 Å². The van der Waals surface area contributed by atoms with E-state index in [0.717, 1.165) is 0 Å². The number of aliphatic hydroxyl groups excluding tert-OH is 1. The van der Waals surface area contributed by atoms with Gasteiger partial charge in [0.2, 0.25) is 0 Å². The van der Waals surface area contributed by atoms with Crippen molar-refractivity contribution in [1.29, 1.82) is 0 Å². The van der Waals surface area contributed by atoms with Gasteiger partial charge >= 0.3 is 0 Å². The van der Waals surface area contributed by atoms with Crippen LogP contribution in [0.1, 0.15) is 26.3 Å². The highest BCUT2D eigenvalue weighted by molar-refractivity contribution is 7.92. The molecule has 0 unspecified atom stereocenters. The molecule has 19 heavy (non-hydrogen) atoms. The van der Waals surface area contributed by atoms with Crippen molar-refractivity contribution in [3.63, 3.8) is 0 Å². The van der Waals surface area contributed by atoms with Crippen molar-refractivity contribution in [3.8, 4) is 5.75 Å². The summed E-state index contributed by atoms with van der Waals surface area (Å²) in [4.78, 5) is 0. The maximum Gasteiger partial charge on any atom is 0.158 e. The lowest BCUT2D eigenvalue weighted by Crippen LogP contribution is -2.32. The minimum absolute atomic E-state index is 0.0498. The van der Waals surface area contributed by atoms with Crippen LogP contribution in [-0.4, -0.2) is 30.6 Å². The number of ether oxygens (including phenoxy) is 1. The van der Waals surface area contributed by atoms with E-state index in [1.54, 1.807) is 39.0 Å². The molecule has 0 fully saturated rings. The summed E-state index contributed by atoms with van der Waals surface area (Å²) in [6.45, 7) is 4.81. The van der Waals surface area contributed by atoms with Crippen LogP contribution < -0.4 is 4.74 Å². The monoisotopic (exact) mass is 306 g/mol. The molecule has 1 rings (SSSR count). The van der Waals surface area contributed by atoms with Crippen molar-refractivity contribution in [1.82, 2.24) is 0 Å². The molecular formula is C13H19ClO4S. The third-order valence-corrected chi connectivity index (χ3v) is 5.54. The van der Waals surface area contributed by atoms with Crippen LogP contribution >= 0.6 is 11.6 Å². The number of benzene rings is 1. The Labute approximate surface area is 119 Å². The predicted octanol–water partition coefficient (Wildman–Crippen LogP) is 2.42. The summed E-state index contributed by atoms with van der Waals surface area (Å²) in [7, 11) is -3.21. The fourth-order valence-electron chi connectivity index (χ4n) is 1.38. The molecule has 0 aromatic heterocycles. The first-order valence-electron chi connectivity index (χ1n) is 5.92. The molecule has 1 aromatic rings. The van der Waals surface area contributed by atoms with Crippen LogP contribution in [0.2, 0.25) is 5.02 Å². The second-order valence-corrected chi connectivity index (χ2v) is 8.49. The Morgan fingerprint density at radius 3 is 2.47 bits per heavy atom. The van der Waals surface area contributed by atoms with Crippen LogP contribution in [0, 0.1) is 0 Å². The molecule has 6 heteroatoms. The van der Waals surface area contributed by atoms with Gasteiger partial charge in [0.25, 0.3) is 0 Å². The van der Waals surface area contributed by atoms with Crippen LogP contribution in [0.15, 0.2) is 18.2 Å². The number of aliphatic hydroxyl groups is 1. The van der Waals surface area contributed by atoms with E-state index in [4.69, 9.17) is 16.3 Å². The Morgan fingerprint density at radius 1 is 1.32 bits per heavy atom. The summed E-state index contributed by atoms with van der Waals surface area (Å²) in [6, 6.07) is 4.85. The molecule has 0 saturated carbocycles. The minimum atomic E-state index is -3.21. The molecule has 1 N–H and O–H groups in total. The zero-order valence-corrected chi connectivity index (χ0v) is 12.9. The lowest BCUT2D eigenvalue weighted by molar-refractivity contribution is 0.267. The van der Waals surface area contributed by atoms with Crippen molar-refractivity contribution in [3.05, 3.63) is 28.8 Å². The predicted molar refractivity (Wildman–Crippen MR) is 76.4 cm³/mol. The first kappa shape index (κ1) is 16.3. The number of halogens is 1.